The number of sulfonamides is 1. The van der Waals surface area contributed by atoms with E-state index in [1.165, 1.54) is 6.07 Å². The van der Waals surface area contributed by atoms with Crippen LogP contribution in [0.2, 0.25) is 0 Å². The summed E-state index contributed by atoms with van der Waals surface area (Å²) >= 11 is 0. The Morgan fingerprint density at radius 2 is 2.19 bits per heavy atom. The number of aromatic carboxylic acids is 1. The van der Waals surface area contributed by atoms with Crippen LogP contribution in [0.15, 0.2) is 29.4 Å². The summed E-state index contributed by atoms with van der Waals surface area (Å²) < 4.78 is 26.4. The zero-order chi connectivity index (χ0) is 15.5. The van der Waals surface area contributed by atoms with Gasteiger partial charge in [0, 0.05) is 18.0 Å². The highest BCUT2D eigenvalue weighted by molar-refractivity contribution is 7.92. The van der Waals surface area contributed by atoms with Gasteiger partial charge in [-0.2, -0.15) is 13.5 Å². The third-order valence-electron chi connectivity index (χ3n) is 2.65. The van der Waals surface area contributed by atoms with Crippen molar-refractivity contribution in [1.82, 2.24) is 15.2 Å². The summed E-state index contributed by atoms with van der Waals surface area (Å²) in [6.45, 7) is 2.00. The number of aryl methyl sites for hydroxylation is 1. The summed E-state index contributed by atoms with van der Waals surface area (Å²) in [7, 11) is -3.89. The fourth-order valence-corrected chi connectivity index (χ4v) is 2.59. The first-order chi connectivity index (χ1) is 9.92. The molecule has 0 bridgehead atoms. The number of anilines is 1. The number of carboxylic acids is 1. The highest BCUT2D eigenvalue weighted by Gasteiger charge is 2.18. The molecule has 2 heterocycles. The molecule has 3 N–H and O–H groups in total. The number of aromatic amines is 1. The Morgan fingerprint density at radius 3 is 2.76 bits per heavy atom. The van der Waals surface area contributed by atoms with Gasteiger partial charge >= 0.3 is 5.97 Å². The molecule has 0 aromatic carbocycles. The Hall–Kier alpha value is -2.42. The molecule has 0 aliphatic rings. The second kappa shape index (κ2) is 5.92. The van der Waals surface area contributed by atoms with Crippen molar-refractivity contribution < 1.29 is 18.3 Å². The number of carbonyl (C=O) groups is 1. The summed E-state index contributed by atoms with van der Waals surface area (Å²) in [6, 6.07) is 3.91. The third kappa shape index (κ3) is 3.57. The number of H-pyrrole nitrogens is 1. The van der Waals surface area contributed by atoms with Crippen LogP contribution in [-0.4, -0.2) is 34.7 Å². The molecule has 9 heteroatoms. The van der Waals surface area contributed by atoms with E-state index in [9.17, 15) is 13.2 Å². The maximum atomic E-state index is 12.1. The van der Waals surface area contributed by atoms with Crippen LogP contribution in [0, 0.1) is 0 Å². The van der Waals surface area contributed by atoms with E-state index >= 15 is 0 Å². The van der Waals surface area contributed by atoms with Crippen molar-refractivity contribution in [2.24, 2.45) is 0 Å². The molecule has 21 heavy (non-hydrogen) atoms. The zero-order valence-electron chi connectivity index (χ0n) is 11.2. The van der Waals surface area contributed by atoms with Gasteiger partial charge in [-0.15, -0.1) is 0 Å². The van der Waals surface area contributed by atoms with E-state index < -0.39 is 16.0 Å². The van der Waals surface area contributed by atoms with E-state index in [2.05, 4.69) is 19.9 Å². The van der Waals surface area contributed by atoms with Gasteiger partial charge in [-0.1, -0.05) is 13.3 Å². The Labute approximate surface area is 121 Å². The number of nitrogens with zero attached hydrogens (tertiary/aromatic N) is 2. The van der Waals surface area contributed by atoms with Crippen LogP contribution in [0.4, 0.5) is 5.82 Å². The quantitative estimate of drug-likeness (QED) is 0.737. The van der Waals surface area contributed by atoms with Crippen LogP contribution in [0.1, 0.15) is 29.4 Å². The number of pyridine rings is 1. The maximum Gasteiger partial charge on any atom is 0.337 e. The van der Waals surface area contributed by atoms with Gasteiger partial charge < -0.3 is 5.11 Å². The third-order valence-corrected chi connectivity index (χ3v) is 3.92. The summed E-state index contributed by atoms with van der Waals surface area (Å²) in [4.78, 5) is 14.3. The second-order valence-electron chi connectivity index (χ2n) is 4.32. The lowest BCUT2D eigenvalue weighted by atomic mass is 10.2. The van der Waals surface area contributed by atoms with Gasteiger partial charge in [0.2, 0.25) is 0 Å². The van der Waals surface area contributed by atoms with Crippen LogP contribution >= 0.6 is 0 Å². The molecule has 0 radical (unpaired) electrons. The SMILES string of the molecule is CCCc1cc(NS(=O)(=O)c2ccc(C(=O)O)cn2)n[nH]1. The average molecular weight is 310 g/mol. The molecule has 0 atom stereocenters. The van der Waals surface area contributed by atoms with Gasteiger partial charge in [0.25, 0.3) is 10.0 Å². The first kappa shape index (κ1) is 15.0. The highest BCUT2D eigenvalue weighted by atomic mass is 32.2. The van der Waals surface area contributed by atoms with Gasteiger partial charge in [0.15, 0.2) is 10.8 Å². The van der Waals surface area contributed by atoms with Gasteiger partial charge in [-0.3, -0.25) is 9.82 Å². The predicted octanol–water partition coefficient (Wildman–Crippen LogP) is 1.26. The van der Waals surface area contributed by atoms with E-state index in [0.29, 0.717) is 0 Å². The minimum absolute atomic E-state index is 0.0843. The van der Waals surface area contributed by atoms with E-state index in [1.54, 1.807) is 6.07 Å². The Bertz CT molecular complexity index is 737. The largest absolute Gasteiger partial charge is 0.478 e. The molecule has 0 saturated heterocycles. The average Bonchev–Trinajstić information content (AvgIpc) is 2.86. The molecule has 8 nitrogen and oxygen atoms in total. The first-order valence-corrected chi connectivity index (χ1v) is 7.67. The smallest absolute Gasteiger partial charge is 0.337 e. The number of hydrogen-bond donors (Lipinski definition) is 3. The minimum atomic E-state index is -3.89. The number of nitrogens with one attached hydrogen (secondary N) is 2. The molecule has 0 unspecified atom stereocenters. The van der Waals surface area contributed by atoms with Crippen molar-refractivity contribution >= 4 is 21.8 Å². The summed E-state index contributed by atoms with van der Waals surface area (Å²) in [5.41, 5.74) is 0.739. The molecule has 0 fully saturated rings. The van der Waals surface area contributed by atoms with Crippen molar-refractivity contribution in [3.63, 3.8) is 0 Å². The molecular formula is C12H14N4O4S. The molecule has 0 saturated carbocycles. The minimum Gasteiger partial charge on any atom is -0.478 e. The first-order valence-electron chi connectivity index (χ1n) is 6.19. The normalized spacial score (nSPS) is 11.3. The highest BCUT2D eigenvalue weighted by Crippen LogP contribution is 2.14. The molecule has 0 aliphatic heterocycles. The number of rotatable bonds is 6. The van der Waals surface area contributed by atoms with Crippen molar-refractivity contribution in [2.45, 2.75) is 24.8 Å². The lowest BCUT2D eigenvalue weighted by Crippen LogP contribution is -2.15. The molecule has 112 valence electrons. The molecule has 0 spiro atoms. The van der Waals surface area contributed by atoms with E-state index in [1.807, 2.05) is 6.92 Å². The van der Waals surface area contributed by atoms with Crippen LogP contribution < -0.4 is 4.72 Å². The predicted molar refractivity (Wildman–Crippen MR) is 74.6 cm³/mol. The van der Waals surface area contributed by atoms with Crippen LogP contribution in [0.3, 0.4) is 0 Å². The fraction of sp³-hybridized carbons (Fsp3) is 0.250. The van der Waals surface area contributed by atoms with Crippen molar-refractivity contribution in [3.8, 4) is 0 Å². The number of aromatic nitrogens is 3. The number of carboxylic acid groups (broad SMARTS) is 1. The fourth-order valence-electron chi connectivity index (χ4n) is 1.67. The molecule has 2 aromatic rings. The maximum absolute atomic E-state index is 12.1. The van der Waals surface area contributed by atoms with Crippen LogP contribution in [0.5, 0.6) is 0 Å². The molecule has 0 amide bonds. The van der Waals surface area contributed by atoms with Crippen LogP contribution in [0.25, 0.3) is 0 Å². The van der Waals surface area contributed by atoms with Gasteiger partial charge in [0.05, 0.1) is 5.56 Å². The van der Waals surface area contributed by atoms with E-state index in [0.717, 1.165) is 30.8 Å². The molecular weight excluding hydrogens is 296 g/mol. The van der Waals surface area contributed by atoms with Crippen molar-refractivity contribution in [1.29, 1.82) is 0 Å². The van der Waals surface area contributed by atoms with Gasteiger partial charge in [0.1, 0.15) is 0 Å². The molecule has 0 aliphatic carbocycles. The van der Waals surface area contributed by atoms with Crippen molar-refractivity contribution in [2.75, 3.05) is 4.72 Å². The zero-order valence-corrected chi connectivity index (χ0v) is 12.0. The van der Waals surface area contributed by atoms with Gasteiger partial charge in [-0.05, 0) is 18.6 Å². The Kier molecular flexibility index (Phi) is 4.22. The molecule has 2 aromatic heterocycles. The van der Waals surface area contributed by atoms with E-state index in [4.69, 9.17) is 5.11 Å². The van der Waals surface area contributed by atoms with Gasteiger partial charge in [-0.25, -0.2) is 9.78 Å². The molecule has 2 rings (SSSR count). The monoisotopic (exact) mass is 310 g/mol. The Morgan fingerprint density at radius 1 is 1.43 bits per heavy atom. The summed E-state index contributed by atoms with van der Waals surface area (Å²) in [5, 5.41) is 15.1. The lowest BCUT2D eigenvalue weighted by Gasteiger charge is -2.04. The second-order valence-corrected chi connectivity index (χ2v) is 5.95. The summed E-state index contributed by atoms with van der Waals surface area (Å²) in [6.07, 6.45) is 2.66. The Balaban J connectivity index is 2.18. The van der Waals surface area contributed by atoms with E-state index in [-0.39, 0.29) is 16.4 Å². The topological polar surface area (TPSA) is 125 Å². The standard InChI is InChI=1S/C12H14N4O4S/c1-2-3-9-6-10(15-14-9)16-21(19,20)11-5-4-8(7-13-11)12(17)18/h4-7H,2-3H2,1H3,(H,17,18)(H2,14,15,16). The number of hydrogen-bond acceptors (Lipinski definition) is 5. The summed E-state index contributed by atoms with van der Waals surface area (Å²) in [5.74, 6) is -1.00. The van der Waals surface area contributed by atoms with Crippen LogP contribution in [-0.2, 0) is 16.4 Å². The van der Waals surface area contributed by atoms with Crippen molar-refractivity contribution in [3.05, 3.63) is 35.7 Å². The lowest BCUT2D eigenvalue weighted by molar-refractivity contribution is 0.0696.